The topological polar surface area (TPSA) is 108 Å². The molecule has 0 radical (unpaired) electrons. The van der Waals surface area contributed by atoms with Gasteiger partial charge in [-0.3, -0.25) is 10.1 Å². The van der Waals surface area contributed by atoms with Gasteiger partial charge in [0.1, 0.15) is 12.4 Å². The zero-order valence-corrected chi connectivity index (χ0v) is 18.9. The number of primary amides is 1. The highest BCUT2D eigenvalue weighted by Crippen LogP contribution is 2.26. The third-order valence-corrected chi connectivity index (χ3v) is 5.35. The summed E-state index contributed by atoms with van der Waals surface area (Å²) < 4.78 is 34.7. The molecule has 0 aliphatic carbocycles. The van der Waals surface area contributed by atoms with E-state index >= 15 is 0 Å². The quantitative estimate of drug-likeness (QED) is 0.345. The van der Waals surface area contributed by atoms with Crippen LogP contribution in [0.3, 0.4) is 0 Å². The van der Waals surface area contributed by atoms with Crippen molar-refractivity contribution in [3.63, 3.8) is 0 Å². The van der Waals surface area contributed by atoms with Crippen LogP contribution in [0.5, 0.6) is 5.75 Å². The maximum atomic E-state index is 12.4. The van der Waals surface area contributed by atoms with Gasteiger partial charge in [-0.1, -0.05) is 66.2 Å². The van der Waals surface area contributed by atoms with Crippen molar-refractivity contribution in [1.82, 2.24) is 5.32 Å². The van der Waals surface area contributed by atoms with Crippen LogP contribution in [0.15, 0.2) is 78.9 Å². The van der Waals surface area contributed by atoms with Crippen LogP contribution >= 0.6 is 11.6 Å². The average molecular weight is 475 g/mol. The average Bonchev–Trinajstić information content (AvgIpc) is 2.75. The van der Waals surface area contributed by atoms with E-state index in [1.807, 2.05) is 18.2 Å². The van der Waals surface area contributed by atoms with Crippen LogP contribution in [0.1, 0.15) is 16.7 Å². The monoisotopic (exact) mass is 474 g/mol. The molecule has 0 aromatic heterocycles. The second-order valence-corrected chi connectivity index (χ2v) is 9.13. The predicted molar refractivity (Wildman–Crippen MR) is 122 cm³/mol. The van der Waals surface area contributed by atoms with Gasteiger partial charge in [0.15, 0.2) is 0 Å². The van der Waals surface area contributed by atoms with Crippen LogP contribution in [0.4, 0.5) is 0 Å². The molecule has 0 bridgehead atoms. The van der Waals surface area contributed by atoms with Crippen molar-refractivity contribution in [2.45, 2.75) is 18.9 Å². The van der Waals surface area contributed by atoms with Gasteiger partial charge in [0.25, 0.3) is 16.0 Å². The molecule has 32 heavy (non-hydrogen) atoms. The number of benzene rings is 3. The lowest BCUT2D eigenvalue weighted by Gasteiger charge is -2.31. The molecule has 0 aliphatic heterocycles. The van der Waals surface area contributed by atoms with Gasteiger partial charge in [0, 0.05) is 17.1 Å². The number of nitrogens with two attached hydrogens (primary N) is 1. The fourth-order valence-corrected chi connectivity index (χ4v) is 3.98. The molecule has 3 aromatic carbocycles. The van der Waals surface area contributed by atoms with Crippen molar-refractivity contribution in [2.75, 3.05) is 6.26 Å². The Morgan fingerprint density at radius 2 is 1.69 bits per heavy atom. The number of hydrogen-bond acceptors (Lipinski definition) is 6. The first-order chi connectivity index (χ1) is 15.2. The fourth-order valence-electron chi connectivity index (χ4n) is 3.07. The van der Waals surface area contributed by atoms with E-state index in [9.17, 15) is 13.2 Å². The Balaban J connectivity index is 1.73. The lowest BCUT2D eigenvalue weighted by Crippen LogP contribution is -2.55. The largest absolute Gasteiger partial charge is 0.489 e. The van der Waals surface area contributed by atoms with Gasteiger partial charge < -0.3 is 10.5 Å². The highest BCUT2D eigenvalue weighted by Gasteiger charge is 2.43. The molecule has 0 aliphatic rings. The first kappa shape index (κ1) is 23.7. The molecule has 3 aromatic rings. The predicted octanol–water partition coefficient (Wildman–Crippen LogP) is 3.32. The number of hydrogen-bond donors (Lipinski definition) is 2. The van der Waals surface area contributed by atoms with Gasteiger partial charge in [0.05, 0.1) is 6.26 Å². The summed E-state index contributed by atoms with van der Waals surface area (Å²) in [7, 11) is -4.02. The summed E-state index contributed by atoms with van der Waals surface area (Å²) in [5, 5.41) is 3.51. The number of ether oxygens (including phenoxy) is 1. The maximum Gasteiger partial charge on any atom is 0.271 e. The molecule has 1 unspecified atom stereocenters. The SMILES string of the molecule is CS(=O)(=O)OC(NCc1ccc(OCc2cccc(Cl)c2)cc1)(C(N)=O)c1ccccc1. The highest BCUT2D eigenvalue weighted by atomic mass is 35.5. The van der Waals surface area contributed by atoms with Crippen LogP contribution in [-0.2, 0) is 38.0 Å². The lowest BCUT2D eigenvalue weighted by atomic mass is 10.0. The zero-order valence-electron chi connectivity index (χ0n) is 17.3. The van der Waals surface area contributed by atoms with E-state index in [2.05, 4.69) is 5.32 Å². The zero-order chi connectivity index (χ0) is 23.2. The van der Waals surface area contributed by atoms with Crippen LogP contribution in [-0.4, -0.2) is 20.6 Å². The number of rotatable bonds is 10. The molecule has 168 valence electrons. The van der Waals surface area contributed by atoms with Crippen molar-refractivity contribution in [3.05, 3.63) is 101 Å². The van der Waals surface area contributed by atoms with Crippen molar-refractivity contribution in [2.24, 2.45) is 5.73 Å². The molecule has 0 heterocycles. The van der Waals surface area contributed by atoms with E-state index in [0.29, 0.717) is 17.4 Å². The van der Waals surface area contributed by atoms with Crippen LogP contribution in [0, 0.1) is 0 Å². The van der Waals surface area contributed by atoms with E-state index in [-0.39, 0.29) is 12.1 Å². The maximum absolute atomic E-state index is 12.4. The molecular formula is C23H23ClN2O5S. The Labute approximate surface area is 192 Å². The molecular weight excluding hydrogens is 452 g/mol. The Morgan fingerprint density at radius 3 is 2.28 bits per heavy atom. The molecule has 0 saturated carbocycles. The Morgan fingerprint density at radius 1 is 1.00 bits per heavy atom. The molecule has 9 heteroatoms. The second-order valence-electron chi connectivity index (χ2n) is 7.12. The van der Waals surface area contributed by atoms with Crippen LogP contribution < -0.4 is 15.8 Å². The molecule has 0 spiro atoms. The second kappa shape index (κ2) is 10.1. The summed E-state index contributed by atoms with van der Waals surface area (Å²) in [4.78, 5) is 12.4. The summed E-state index contributed by atoms with van der Waals surface area (Å²) >= 11 is 5.98. The molecule has 3 rings (SSSR count). The first-order valence-corrected chi connectivity index (χ1v) is 11.8. The lowest BCUT2D eigenvalue weighted by molar-refractivity contribution is -0.137. The van der Waals surface area contributed by atoms with E-state index in [0.717, 1.165) is 17.4 Å². The number of halogens is 1. The van der Waals surface area contributed by atoms with Crippen molar-refractivity contribution in [3.8, 4) is 5.75 Å². The first-order valence-electron chi connectivity index (χ1n) is 9.65. The fraction of sp³-hybridized carbons (Fsp3) is 0.174. The Bertz CT molecular complexity index is 1170. The molecule has 7 nitrogen and oxygen atoms in total. The molecule has 0 fully saturated rings. The minimum Gasteiger partial charge on any atom is -0.489 e. The van der Waals surface area contributed by atoms with Crippen molar-refractivity contribution >= 4 is 27.6 Å². The minimum absolute atomic E-state index is 0.113. The van der Waals surface area contributed by atoms with E-state index in [4.69, 9.17) is 26.3 Å². The summed E-state index contributed by atoms with van der Waals surface area (Å²) in [5.41, 5.74) is 5.52. The number of carbonyl (C=O) groups excluding carboxylic acids is 1. The standard InChI is InChI=1S/C23H23ClN2O5S/c1-32(28,29)31-23(22(25)27,19-7-3-2-4-8-19)26-15-17-10-12-21(13-11-17)30-16-18-6-5-9-20(24)14-18/h2-14,26H,15-16H2,1H3,(H2,25,27). The van der Waals surface area contributed by atoms with Gasteiger partial charge >= 0.3 is 0 Å². The third-order valence-electron chi connectivity index (χ3n) is 4.56. The minimum atomic E-state index is -4.02. The summed E-state index contributed by atoms with van der Waals surface area (Å²) in [6, 6.07) is 22.7. The number of amides is 1. The van der Waals surface area contributed by atoms with E-state index < -0.39 is 21.8 Å². The van der Waals surface area contributed by atoms with Crippen LogP contribution in [0.2, 0.25) is 5.02 Å². The summed E-state index contributed by atoms with van der Waals surface area (Å²) in [5.74, 6) is -0.332. The Kier molecular flexibility index (Phi) is 7.52. The van der Waals surface area contributed by atoms with Gasteiger partial charge in [-0.05, 0) is 35.4 Å². The van der Waals surface area contributed by atoms with E-state index in [1.165, 1.54) is 0 Å². The molecule has 0 saturated heterocycles. The smallest absolute Gasteiger partial charge is 0.271 e. The summed E-state index contributed by atoms with van der Waals surface area (Å²) in [6.07, 6.45) is 0.862. The van der Waals surface area contributed by atoms with Crippen LogP contribution in [0.25, 0.3) is 0 Å². The number of nitrogens with one attached hydrogen (secondary N) is 1. The normalized spacial score (nSPS) is 13.3. The number of carbonyl (C=O) groups is 1. The molecule has 3 N–H and O–H groups in total. The van der Waals surface area contributed by atoms with Crippen molar-refractivity contribution in [1.29, 1.82) is 0 Å². The van der Waals surface area contributed by atoms with Gasteiger partial charge in [-0.15, -0.1) is 0 Å². The van der Waals surface area contributed by atoms with Gasteiger partial charge in [-0.2, -0.15) is 8.42 Å². The Hall–Kier alpha value is -2.91. The van der Waals surface area contributed by atoms with Crippen molar-refractivity contribution < 1.29 is 22.1 Å². The van der Waals surface area contributed by atoms with Gasteiger partial charge in [-0.25, -0.2) is 4.18 Å². The molecule has 1 amide bonds. The highest BCUT2D eigenvalue weighted by molar-refractivity contribution is 7.86. The summed E-state index contributed by atoms with van der Waals surface area (Å²) in [6.45, 7) is 0.473. The molecule has 1 atom stereocenters. The van der Waals surface area contributed by atoms with Gasteiger partial charge in [0.2, 0.25) is 5.72 Å². The van der Waals surface area contributed by atoms with E-state index in [1.54, 1.807) is 60.7 Å². The third kappa shape index (κ3) is 6.30.